The molecular weight excluding hydrogens is 413 g/mol. The maximum atomic E-state index is 13.4. The Morgan fingerprint density at radius 3 is 2.55 bits per heavy atom. The van der Waals surface area contributed by atoms with Crippen molar-refractivity contribution in [2.24, 2.45) is 0 Å². The van der Waals surface area contributed by atoms with Gasteiger partial charge >= 0.3 is 0 Å². The van der Waals surface area contributed by atoms with Crippen LogP contribution in [0.4, 0.5) is 9.52 Å². The van der Waals surface area contributed by atoms with Gasteiger partial charge in [-0.25, -0.2) is 9.37 Å². The van der Waals surface area contributed by atoms with E-state index < -0.39 is 23.8 Å². The van der Waals surface area contributed by atoms with Gasteiger partial charge in [0.2, 0.25) is 5.91 Å². The number of halogens is 1. The van der Waals surface area contributed by atoms with E-state index in [-0.39, 0.29) is 5.82 Å². The number of carbonyl (C=O) groups excluding carboxylic acids is 3. The summed E-state index contributed by atoms with van der Waals surface area (Å²) in [4.78, 5) is 44.0. The number of nitrogens with one attached hydrogen (secondary N) is 1. The van der Waals surface area contributed by atoms with Crippen molar-refractivity contribution in [3.05, 3.63) is 59.4 Å². The molecule has 1 aliphatic heterocycles. The van der Waals surface area contributed by atoms with E-state index >= 15 is 0 Å². The van der Waals surface area contributed by atoms with Crippen molar-refractivity contribution in [1.82, 2.24) is 9.88 Å². The summed E-state index contributed by atoms with van der Waals surface area (Å²) in [5.74, 6) is -1.23. The molecule has 0 bridgehead atoms. The van der Waals surface area contributed by atoms with Gasteiger partial charge in [-0.3, -0.25) is 19.3 Å². The van der Waals surface area contributed by atoms with Gasteiger partial charge in [0.05, 0.1) is 21.3 Å². The Morgan fingerprint density at radius 1 is 1.21 bits per heavy atom. The van der Waals surface area contributed by atoms with Crippen LogP contribution in [0.2, 0.25) is 0 Å². The van der Waals surface area contributed by atoms with E-state index in [0.29, 0.717) is 38.6 Å². The van der Waals surface area contributed by atoms with Crippen LogP contribution in [0.15, 0.2) is 42.5 Å². The highest BCUT2D eigenvalue weighted by atomic mass is 32.2. The molecule has 2 heterocycles. The smallest absolute Gasteiger partial charge is 0.262 e. The highest BCUT2D eigenvalue weighted by Gasteiger charge is 2.42. The molecule has 6 nitrogen and oxygen atoms in total. The second-order valence-electron chi connectivity index (χ2n) is 6.44. The normalized spacial score (nSPS) is 14.3. The van der Waals surface area contributed by atoms with E-state index in [1.807, 2.05) is 6.26 Å². The zero-order valence-electron chi connectivity index (χ0n) is 15.3. The van der Waals surface area contributed by atoms with Crippen LogP contribution < -0.4 is 5.32 Å². The third-order valence-corrected chi connectivity index (χ3v) is 6.19. The molecule has 148 valence electrons. The Kier molecular flexibility index (Phi) is 5.33. The highest BCUT2D eigenvalue weighted by molar-refractivity contribution is 7.98. The molecule has 4 rings (SSSR count). The number of amides is 3. The number of nitrogens with zero attached hydrogens (tertiary/aromatic N) is 2. The van der Waals surface area contributed by atoms with E-state index in [4.69, 9.17) is 0 Å². The van der Waals surface area contributed by atoms with Gasteiger partial charge in [0.25, 0.3) is 11.8 Å². The SMILES string of the molecule is CSCCC(C(=O)Nc1nc2ccc(F)cc2s1)N1C(=O)c2ccccc2C1=O. The second-order valence-corrected chi connectivity index (χ2v) is 8.46. The summed E-state index contributed by atoms with van der Waals surface area (Å²) in [6.07, 6.45) is 2.21. The van der Waals surface area contributed by atoms with E-state index in [1.165, 1.54) is 30.0 Å². The number of thioether (sulfide) groups is 1. The number of anilines is 1. The summed E-state index contributed by atoms with van der Waals surface area (Å²) < 4.78 is 14.0. The van der Waals surface area contributed by atoms with E-state index in [2.05, 4.69) is 10.3 Å². The molecule has 1 atom stereocenters. The zero-order valence-corrected chi connectivity index (χ0v) is 17.0. The van der Waals surface area contributed by atoms with Crippen LogP contribution in [0.25, 0.3) is 10.2 Å². The van der Waals surface area contributed by atoms with Crippen LogP contribution in [0.3, 0.4) is 0 Å². The number of hydrogen-bond donors (Lipinski definition) is 1. The first-order valence-corrected chi connectivity index (χ1v) is 11.0. The van der Waals surface area contributed by atoms with Crippen molar-refractivity contribution >= 4 is 56.2 Å². The van der Waals surface area contributed by atoms with E-state index in [1.54, 1.807) is 24.3 Å². The van der Waals surface area contributed by atoms with Crippen molar-refractivity contribution in [3.8, 4) is 0 Å². The van der Waals surface area contributed by atoms with Gasteiger partial charge in [-0.15, -0.1) is 0 Å². The van der Waals surface area contributed by atoms with Crippen LogP contribution in [0, 0.1) is 5.82 Å². The molecule has 0 saturated carbocycles. The van der Waals surface area contributed by atoms with Crippen LogP contribution in [-0.4, -0.2) is 45.7 Å². The molecule has 3 amide bonds. The standard InChI is InChI=1S/C20H16FN3O3S2/c1-28-9-8-15(24-18(26)12-4-2-3-5-13(12)19(24)27)17(25)23-20-22-14-7-6-11(21)10-16(14)29-20/h2-7,10,15H,8-9H2,1H3,(H,22,23,25). The molecule has 1 aromatic heterocycles. The number of carbonyl (C=O) groups is 3. The second kappa shape index (κ2) is 7.92. The predicted octanol–water partition coefficient (Wildman–Crippen LogP) is 3.79. The number of imide groups is 1. The van der Waals surface area contributed by atoms with Crippen molar-refractivity contribution < 1.29 is 18.8 Å². The van der Waals surface area contributed by atoms with Crippen LogP contribution >= 0.6 is 23.1 Å². The number of fused-ring (bicyclic) bond motifs is 2. The average Bonchev–Trinajstić information content (AvgIpc) is 3.21. The Hall–Kier alpha value is -2.78. The third-order valence-electron chi connectivity index (χ3n) is 4.62. The number of hydrogen-bond acceptors (Lipinski definition) is 6. The number of thiazole rings is 1. The molecule has 1 N–H and O–H groups in total. The van der Waals surface area contributed by atoms with Crippen LogP contribution in [0.1, 0.15) is 27.1 Å². The summed E-state index contributed by atoms with van der Waals surface area (Å²) in [7, 11) is 0. The molecular formula is C20H16FN3O3S2. The molecule has 9 heteroatoms. The van der Waals surface area contributed by atoms with Gasteiger partial charge < -0.3 is 5.32 Å². The summed E-state index contributed by atoms with van der Waals surface area (Å²) in [5.41, 5.74) is 1.16. The third kappa shape index (κ3) is 3.63. The lowest BCUT2D eigenvalue weighted by atomic mass is 10.1. The van der Waals surface area contributed by atoms with Crippen molar-refractivity contribution in [1.29, 1.82) is 0 Å². The fraction of sp³-hybridized carbons (Fsp3) is 0.200. The van der Waals surface area contributed by atoms with Gasteiger partial charge in [0, 0.05) is 0 Å². The molecule has 29 heavy (non-hydrogen) atoms. The van der Waals surface area contributed by atoms with E-state index in [0.717, 1.165) is 16.2 Å². The number of aromatic nitrogens is 1. The Labute approximate surface area is 174 Å². The molecule has 0 fully saturated rings. The first kappa shape index (κ1) is 19.5. The average molecular weight is 429 g/mol. The van der Waals surface area contributed by atoms with Gasteiger partial charge in [-0.2, -0.15) is 11.8 Å². The van der Waals surface area contributed by atoms with Gasteiger partial charge in [-0.1, -0.05) is 23.5 Å². The van der Waals surface area contributed by atoms with Gasteiger partial charge in [0.15, 0.2) is 5.13 Å². The summed E-state index contributed by atoms with van der Waals surface area (Å²) in [6.45, 7) is 0. The summed E-state index contributed by atoms with van der Waals surface area (Å²) in [5, 5.41) is 2.99. The molecule has 2 aromatic carbocycles. The molecule has 0 radical (unpaired) electrons. The maximum absolute atomic E-state index is 13.4. The monoisotopic (exact) mass is 429 g/mol. The molecule has 0 aliphatic carbocycles. The Bertz CT molecular complexity index is 1100. The van der Waals surface area contributed by atoms with Crippen LogP contribution in [-0.2, 0) is 4.79 Å². The molecule has 3 aromatic rings. The van der Waals surface area contributed by atoms with E-state index in [9.17, 15) is 18.8 Å². The quantitative estimate of drug-likeness (QED) is 0.603. The number of benzene rings is 2. The van der Waals surface area contributed by atoms with Crippen LogP contribution in [0.5, 0.6) is 0 Å². The van der Waals surface area contributed by atoms with Crippen molar-refractivity contribution in [2.45, 2.75) is 12.5 Å². The van der Waals surface area contributed by atoms with Gasteiger partial charge in [-0.05, 0) is 48.8 Å². The number of rotatable bonds is 6. The fourth-order valence-corrected chi connectivity index (χ4v) is 4.59. The molecule has 1 unspecified atom stereocenters. The first-order chi connectivity index (χ1) is 14.0. The lowest BCUT2D eigenvalue weighted by Gasteiger charge is -2.24. The largest absolute Gasteiger partial charge is 0.300 e. The van der Waals surface area contributed by atoms with Gasteiger partial charge in [0.1, 0.15) is 11.9 Å². The minimum Gasteiger partial charge on any atom is -0.300 e. The Balaban J connectivity index is 1.61. The fourth-order valence-electron chi connectivity index (χ4n) is 3.24. The molecule has 0 spiro atoms. The first-order valence-electron chi connectivity index (χ1n) is 8.82. The summed E-state index contributed by atoms with van der Waals surface area (Å²) >= 11 is 2.66. The maximum Gasteiger partial charge on any atom is 0.262 e. The summed E-state index contributed by atoms with van der Waals surface area (Å²) in [6, 6.07) is 9.76. The molecule has 0 saturated heterocycles. The zero-order chi connectivity index (χ0) is 20.5. The van der Waals surface area contributed by atoms with Crippen molar-refractivity contribution in [2.75, 3.05) is 17.3 Å². The minimum absolute atomic E-state index is 0.293. The van der Waals surface area contributed by atoms with Crippen molar-refractivity contribution in [3.63, 3.8) is 0 Å². The highest BCUT2D eigenvalue weighted by Crippen LogP contribution is 2.29. The minimum atomic E-state index is -0.960. The predicted molar refractivity (Wildman–Crippen MR) is 112 cm³/mol. The Morgan fingerprint density at radius 2 is 1.90 bits per heavy atom. The lowest BCUT2D eigenvalue weighted by molar-refractivity contribution is -0.120. The molecule has 1 aliphatic rings. The topological polar surface area (TPSA) is 79.4 Å². The lowest BCUT2D eigenvalue weighted by Crippen LogP contribution is -2.47.